The van der Waals surface area contributed by atoms with E-state index in [1.165, 1.54) is 0 Å². The van der Waals surface area contributed by atoms with Crippen molar-refractivity contribution in [3.63, 3.8) is 0 Å². The lowest BCUT2D eigenvalue weighted by Gasteiger charge is -2.11. The van der Waals surface area contributed by atoms with E-state index in [2.05, 4.69) is 21.2 Å². The van der Waals surface area contributed by atoms with Gasteiger partial charge in [0.05, 0.1) is 0 Å². The zero-order valence-electron chi connectivity index (χ0n) is 8.31. The molecule has 78 valence electrons. The van der Waals surface area contributed by atoms with Crippen LogP contribution in [-0.4, -0.2) is 30.5 Å². The van der Waals surface area contributed by atoms with E-state index in [0.29, 0.717) is 6.61 Å². The molecule has 0 aliphatic rings. The number of amides is 1. The lowest BCUT2D eigenvalue weighted by Crippen LogP contribution is -2.35. The predicted molar refractivity (Wildman–Crippen MR) is 57.1 cm³/mol. The highest BCUT2D eigenvalue weighted by atomic mass is 79.9. The fourth-order valence-electron chi connectivity index (χ4n) is 0.862. The van der Waals surface area contributed by atoms with Gasteiger partial charge in [-0.15, -0.1) is 0 Å². The van der Waals surface area contributed by atoms with Gasteiger partial charge in [-0.2, -0.15) is 0 Å². The summed E-state index contributed by atoms with van der Waals surface area (Å²) < 4.78 is 5.10. The number of nitrogens with one attached hydrogen (secondary N) is 1. The first-order chi connectivity index (χ1) is 6.20. The highest BCUT2D eigenvalue weighted by Crippen LogP contribution is 1.94. The minimum Gasteiger partial charge on any atom is -0.372 e. The molecule has 0 saturated carbocycles. The van der Waals surface area contributed by atoms with Gasteiger partial charge in [0, 0.05) is 18.0 Å². The van der Waals surface area contributed by atoms with Gasteiger partial charge in [-0.05, 0) is 19.8 Å². The Bertz CT molecular complexity index is 142. The molecule has 4 heteroatoms. The Hall–Kier alpha value is -0.0900. The molecule has 0 radical (unpaired) electrons. The lowest BCUT2D eigenvalue weighted by atomic mass is 10.2. The molecule has 0 heterocycles. The number of ether oxygens (including phenoxy) is 1. The van der Waals surface area contributed by atoms with Crippen molar-refractivity contribution in [2.24, 2.45) is 0 Å². The summed E-state index contributed by atoms with van der Waals surface area (Å²) in [6.07, 6.45) is 1.89. The van der Waals surface area contributed by atoms with Crippen LogP contribution in [0.4, 0.5) is 0 Å². The van der Waals surface area contributed by atoms with Crippen molar-refractivity contribution in [2.75, 3.05) is 18.5 Å². The molecule has 0 aromatic heterocycles. The Labute approximate surface area is 88.4 Å². The highest BCUT2D eigenvalue weighted by Gasteiger charge is 2.05. The van der Waals surface area contributed by atoms with Crippen molar-refractivity contribution in [1.29, 1.82) is 0 Å². The van der Waals surface area contributed by atoms with Crippen molar-refractivity contribution in [3.8, 4) is 0 Å². The maximum atomic E-state index is 11.2. The molecule has 0 bridgehead atoms. The average Bonchev–Trinajstić information content (AvgIpc) is 2.05. The van der Waals surface area contributed by atoms with E-state index in [4.69, 9.17) is 4.74 Å². The van der Waals surface area contributed by atoms with E-state index >= 15 is 0 Å². The van der Waals surface area contributed by atoms with E-state index < -0.39 is 0 Å². The van der Waals surface area contributed by atoms with Crippen LogP contribution in [0, 0.1) is 0 Å². The maximum Gasteiger partial charge on any atom is 0.246 e. The van der Waals surface area contributed by atoms with Crippen LogP contribution in [0.15, 0.2) is 0 Å². The first-order valence-corrected chi connectivity index (χ1v) is 5.76. The number of alkyl halides is 1. The van der Waals surface area contributed by atoms with E-state index in [1.54, 1.807) is 0 Å². The van der Waals surface area contributed by atoms with E-state index in [0.717, 1.165) is 18.2 Å². The Morgan fingerprint density at radius 2 is 2.31 bits per heavy atom. The summed E-state index contributed by atoms with van der Waals surface area (Å²) >= 11 is 3.32. The van der Waals surface area contributed by atoms with Crippen LogP contribution in [0.25, 0.3) is 0 Å². The lowest BCUT2D eigenvalue weighted by molar-refractivity contribution is -0.126. The fraction of sp³-hybridized carbons (Fsp3) is 0.889. The second kappa shape index (κ2) is 8.51. The molecule has 3 nitrogen and oxygen atoms in total. The van der Waals surface area contributed by atoms with Crippen LogP contribution in [0.5, 0.6) is 0 Å². The van der Waals surface area contributed by atoms with Gasteiger partial charge in [0.2, 0.25) is 5.91 Å². The summed E-state index contributed by atoms with van der Waals surface area (Å²) in [5.41, 5.74) is 0. The van der Waals surface area contributed by atoms with Crippen molar-refractivity contribution in [2.45, 2.75) is 32.7 Å². The van der Waals surface area contributed by atoms with Crippen molar-refractivity contribution in [3.05, 3.63) is 0 Å². The van der Waals surface area contributed by atoms with E-state index in [-0.39, 0.29) is 18.6 Å². The highest BCUT2D eigenvalue weighted by molar-refractivity contribution is 9.09. The van der Waals surface area contributed by atoms with E-state index in [1.807, 2.05) is 13.8 Å². The Balaban J connectivity index is 3.38. The molecule has 13 heavy (non-hydrogen) atoms. The first kappa shape index (κ1) is 12.9. The largest absolute Gasteiger partial charge is 0.372 e. The minimum atomic E-state index is -0.0260. The fourth-order valence-corrected chi connectivity index (χ4v) is 1.55. The Kier molecular flexibility index (Phi) is 8.45. The van der Waals surface area contributed by atoms with Gasteiger partial charge in [-0.25, -0.2) is 0 Å². The SMILES string of the molecule is CCCOCC(=O)NC(C)CCBr. The van der Waals surface area contributed by atoms with Crippen LogP contribution in [0.2, 0.25) is 0 Å². The van der Waals surface area contributed by atoms with Gasteiger partial charge in [0.25, 0.3) is 0 Å². The van der Waals surface area contributed by atoms with Gasteiger partial charge < -0.3 is 10.1 Å². The molecule has 0 spiro atoms. The van der Waals surface area contributed by atoms with Crippen molar-refractivity contribution in [1.82, 2.24) is 5.32 Å². The molecule has 0 aliphatic heterocycles. The zero-order chi connectivity index (χ0) is 10.1. The summed E-state index contributed by atoms with van der Waals surface area (Å²) in [4.78, 5) is 11.2. The average molecular weight is 252 g/mol. The first-order valence-electron chi connectivity index (χ1n) is 4.63. The maximum absolute atomic E-state index is 11.2. The molecular weight excluding hydrogens is 234 g/mol. The smallest absolute Gasteiger partial charge is 0.246 e. The molecule has 0 aliphatic carbocycles. The number of rotatable bonds is 7. The van der Waals surface area contributed by atoms with Crippen LogP contribution in [0.1, 0.15) is 26.7 Å². The molecule has 0 saturated heterocycles. The minimum absolute atomic E-state index is 0.0260. The monoisotopic (exact) mass is 251 g/mol. The van der Waals surface area contributed by atoms with Gasteiger partial charge >= 0.3 is 0 Å². The summed E-state index contributed by atoms with van der Waals surface area (Å²) in [7, 11) is 0. The molecule has 1 atom stereocenters. The molecule has 0 aromatic carbocycles. The Morgan fingerprint density at radius 3 is 2.85 bits per heavy atom. The van der Waals surface area contributed by atoms with Crippen LogP contribution in [-0.2, 0) is 9.53 Å². The summed E-state index contributed by atoms with van der Waals surface area (Å²) in [5, 5.41) is 3.75. The molecule has 1 N–H and O–H groups in total. The predicted octanol–water partition coefficient (Wildman–Crippen LogP) is 1.70. The third kappa shape index (κ3) is 8.25. The third-order valence-corrected chi connectivity index (χ3v) is 1.99. The van der Waals surface area contributed by atoms with Crippen LogP contribution >= 0.6 is 15.9 Å². The summed E-state index contributed by atoms with van der Waals surface area (Å²) in [6.45, 7) is 4.84. The second-order valence-corrected chi connectivity index (χ2v) is 3.79. The third-order valence-electron chi connectivity index (χ3n) is 1.53. The zero-order valence-corrected chi connectivity index (χ0v) is 9.89. The number of halogens is 1. The standard InChI is InChI=1S/C9H18BrNO2/c1-3-6-13-7-9(12)11-8(2)4-5-10/h8H,3-7H2,1-2H3,(H,11,12). The number of hydrogen-bond donors (Lipinski definition) is 1. The van der Waals surface area contributed by atoms with E-state index in [9.17, 15) is 4.79 Å². The van der Waals surface area contributed by atoms with Crippen LogP contribution < -0.4 is 5.32 Å². The number of carbonyl (C=O) groups excluding carboxylic acids is 1. The van der Waals surface area contributed by atoms with Gasteiger partial charge in [0.15, 0.2) is 0 Å². The Morgan fingerprint density at radius 1 is 1.62 bits per heavy atom. The molecule has 1 unspecified atom stereocenters. The summed E-state index contributed by atoms with van der Waals surface area (Å²) in [5.74, 6) is -0.0260. The quantitative estimate of drug-likeness (QED) is 0.553. The van der Waals surface area contributed by atoms with Crippen LogP contribution in [0.3, 0.4) is 0 Å². The normalized spacial score (nSPS) is 12.5. The molecule has 0 rings (SSSR count). The topological polar surface area (TPSA) is 38.3 Å². The van der Waals surface area contributed by atoms with Gasteiger partial charge in [0.1, 0.15) is 6.61 Å². The van der Waals surface area contributed by atoms with Gasteiger partial charge in [-0.1, -0.05) is 22.9 Å². The molecule has 0 fully saturated rings. The van der Waals surface area contributed by atoms with Crippen molar-refractivity contribution >= 4 is 21.8 Å². The van der Waals surface area contributed by atoms with Gasteiger partial charge in [-0.3, -0.25) is 4.79 Å². The number of hydrogen-bond acceptors (Lipinski definition) is 2. The van der Waals surface area contributed by atoms with Crippen molar-refractivity contribution < 1.29 is 9.53 Å². The molecule has 0 aromatic rings. The molecule has 1 amide bonds. The number of carbonyl (C=O) groups is 1. The summed E-state index contributed by atoms with van der Waals surface area (Å²) in [6, 6.07) is 0.220. The molecular formula is C9H18BrNO2. The second-order valence-electron chi connectivity index (χ2n) is 3.00.